The van der Waals surface area contributed by atoms with Gasteiger partial charge in [-0.15, -0.1) is 0 Å². The van der Waals surface area contributed by atoms with Crippen molar-refractivity contribution in [2.24, 2.45) is 0 Å². The van der Waals surface area contributed by atoms with Crippen molar-refractivity contribution in [1.82, 2.24) is 0 Å². The van der Waals surface area contributed by atoms with Gasteiger partial charge in [-0.05, 0) is 54.2 Å². The molecule has 0 bridgehead atoms. The Bertz CT molecular complexity index is 870. The number of hydrogen-bond acceptors (Lipinski definition) is 1. The molecule has 1 heterocycles. The quantitative estimate of drug-likeness (QED) is 0.590. The molecule has 0 saturated carbocycles. The highest BCUT2D eigenvalue weighted by Gasteiger charge is 2.22. The molecule has 1 atom stereocenters. The first-order valence-electron chi connectivity index (χ1n) is 8.19. The third kappa shape index (κ3) is 2.69. The first-order chi connectivity index (χ1) is 11.7. The second-order valence-electron chi connectivity index (χ2n) is 6.13. The van der Waals surface area contributed by atoms with Gasteiger partial charge in [-0.25, -0.2) is 4.39 Å². The molecule has 0 spiro atoms. The number of hydrogen-bond donors (Lipinski definition) is 0. The smallest absolute Gasteiger partial charge is 0.130 e. The van der Waals surface area contributed by atoms with Crippen molar-refractivity contribution in [3.8, 4) is 28.0 Å². The van der Waals surface area contributed by atoms with Gasteiger partial charge in [0.25, 0.3) is 0 Å². The predicted octanol–water partition coefficient (Wildman–Crippen LogP) is 5.69. The van der Waals surface area contributed by atoms with Crippen LogP contribution >= 0.6 is 0 Å². The molecule has 3 aromatic carbocycles. The third-order valence-electron chi connectivity index (χ3n) is 4.45. The van der Waals surface area contributed by atoms with Crippen molar-refractivity contribution in [2.75, 3.05) is 0 Å². The van der Waals surface area contributed by atoms with E-state index in [2.05, 4.69) is 25.1 Å². The maximum atomic E-state index is 14.2. The number of rotatable bonds is 2. The second kappa shape index (κ2) is 6.12. The van der Waals surface area contributed by atoms with Gasteiger partial charge in [0.15, 0.2) is 0 Å². The highest BCUT2D eigenvalue weighted by molar-refractivity contribution is 5.86. The fourth-order valence-electron chi connectivity index (χ4n) is 3.30. The van der Waals surface area contributed by atoms with E-state index in [0.717, 1.165) is 46.4 Å². The Labute approximate surface area is 141 Å². The lowest BCUT2D eigenvalue weighted by Crippen LogP contribution is -2.20. The predicted molar refractivity (Wildman–Crippen MR) is 95.4 cm³/mol. The number of halogens is 1. The summed E-state index contributed by atoms with van der Waals surface area (Å²) in [6.45, 7) is 4.02. The van der Waals surface area contributed by atoms with Gasteiger partial charge in [0.1, 0.15) is 11.6 Å². The minimum atomic E-state index is -0.224. The molecule has 0 fully saturated rings. The molecule has 0 aliphatic carbocycles. The van der Waals surface area contributed by atoms with Crippen molar-refractivity contribution in [3.63, 3.8) is 0 Å². The maximum Gasteiger partial charge on any atom is 0.130 e. The molecule has 0 saturated heterocycles. The van der Waals surface area contributed by atoms with Gasteiger partial charge < -0.3 is 4.74 Å². The number of aryl methyl sites for hydroxylation is 1. The van der Waals surface area contributed by atoms with Crippen LogP contribution in [0.1, 0.15) is 12.0 Å². The van der Waals surface area contributed by atoms with Gasteiger partial charge in [-0.3, -0.25) is 0 Å². The summed E-state index contributed by atoms with van der Waals surface area (Å²) >= 11 is 0. The Morgan fingerprint density at radius 1 is 0.875 bits per heavy atom. The van der Waals surface area contributed by atoms with Crippen LogP contribution in [0.5, 0.6) is 5.75 Å². The van der Waals surface area contributed by atoms with Crippen LogP contribution in [0.4, 0.5) is 4.39 Å². The monoisotopic (exact) mass is 317 g/mol. The molecule has 4 rings (SSSR count). The average molecular weight is 317 g/mol. The van der Waals surface area contributed by atoms with Crippen LogP contribution in [0, 0.1) is 12.7 Å². The molecular formula is C22H18FO. The molecule has 1 aliphatic heterocycles. The Morgan fingerprint density at radius 3 is 2.38 bits per heavy atom. The number of ether oxygens (including phenoxy) is 1. The van der Waals surface area contributed by atoms with Crippen molar-refractivity contribution >= 4 is 0 Å². The molecule has 0 N–H and O–H groups in total. The van der Waals surface area contributed by atoms with Crippen LogP contribution in [0.15, 0.2) is 66.7 Å². The molecule has 1 nitrogen and oxygen atoms in total. The topological polar surface area (TPSA) is 9.23 Å². The van der Waals surface area contributed by atoms with Gasteiger partial charge in [0, 0.05) is 5.56 Å². The summed E-state index contributed by atoms with van der Waals surface area (Å²) in [5.74, 6) is 0.545. The van der Waals surface area contributed by atoms with E-state index in [0.29, 0.717) is 0 Å². The Balaban J connectivity index is 1.94. The molecule has 0 amide bonds. The van der Waals surface area contributed by atoms with Gasteiger partial charge in [-0.1, -0.05) is 54.6 Å². The maximum absolute atomic E-state index is 14.2. The largest absolute Gasteiger partial charge is 0.489 e. The minimum Gasteiger partial charge on any atom is -0.489 e. The summed E-state index contributed by atoms with van der Waals surface area (Å²) in [6, 6.07) is 21.4. The van der Waals surface area contributed by atoms with Crippen molar-refractivity contribution < 1.29 is 9.13 Å². The van der Waals surface area contributed by atoms with E-state index in [-0.39, 0.29) is 11.9 Å². The van der Waals surface area contributed by atoms with E-state index in [9.17, 15) is 4.39 Å². The summed E-state index contributed by atoms with van der Waals surface area (Å²) in [6.07, 6.45) is 1.52. The van der Waals surface area contributed by atoms with Crippen LogP contribution in [0.2, 0.25) is 0 Å². The van der Waals surface area contributed by atoms with Crippen LogP contribution < -0.4 is 4.74 Å². The van der Waals surface area contributed by atoms with E-state index in [1.165, 1.54) is 0 Å². The summed E-state index contributed by atoms with van der Waals surface area (Å²) in [5.41, 5.74) is 4.88. The van der Waals surface area contributed by atoms with E-state index in [1.807, 2.05) is 36.4 Å². The van der Waals surface area contributed by atoms with E-state index >= 15 is 0 Å². The van der Waals surface area contributed by atoms with Gasteiger partial charge in [0.05, 0.1) is 6.10 Å². The molecular weight excluding hydrogens is 299 g/mol. The summed E-state index contributed by atoms with van der Waals surface area (Å²) < 4.78 is 20.2. The summed E-state index contributed by atoms with van der Waals surface area (Å²) in [4.78, 5) is 0. The first kappa shape index (κ1) is 14.9. The lowest BCUT2D eigenvalue weighted by molar-refractivity contribution is 0.217. The fourth-order valence-corrected chi connectivity index (χ4v) is 3.30. The second-order valence-corrected chi connectivity index (χ2v) is 6.13. The van der Waals surface area contributed by atoms with E-state index in [4.69, 9.17) is 4.74 Å². The number of benzene rings is 3. The average Bonchev–Trinajstić information content (AvgIpc) is 2.62. The van der Waals surface area contributed by atoms with Crippen LogP contribution in [0.25, 0.3) is 22.3 Å². The Kier molecular flexibility index (Phi) is 3.81. The van der Waals surface area contributed by atoms with Crippen LogP contribution in [0.3, 0.4) is 0 Å². The van der Waals surface area contributed by atoms with Gasteiger partial charge >= 0.3 is 0 Å². The van der Waals surface area contributed by atoms with E-state index in [1.54, 1.807) is 12.1 Å². The molecule has 0 aromatic heterocycles. The highest BCUT2D eigenvalue weighted by atomic mass is 19.1. The molecule has 2 heteroatoms. The zero-order chi connectivity index (χ0) is 16.5. The normalized spacial score (nSPS) is 16.3. The first-order valence-corrected chi connectivity index (χ1v) is 8.19. The Morgan fingerprint density at radius 2 is 1.58 bits per heavy atom. The summed E-state index contributed by atoms with van der Waals surface area (Å²) in [7, 11) is 0. The lowest BCUT2D eigenvalue weighted by Gasteiger charge is -2.26. The standard InChI is InChI=1S/C22H18FO/c1-15-11-12-17-13-18(23)14-21(22(17)24-15)20-10-6-5-9-19(20)16-7-3-2-4-8-16/h2-10,13-15H,1,11-12H2/t15-/m1/s1. The highest BCUT2D eigenvalue weighted by Crippen LogP contribution is 2.42. The Hall–Kier alpha value is -2.61. The third-order valence-corrected chi connectivity index (χ3v) is 4.45. The molecule has 24 heavy (non-hydrogen) atoms. The molecule has 1 aliphatic rings. The lowest BCUT2D eigenvalue weighted by atomic mass is 9.91. The SMILES string of the molecule is [CH2][C@@H]1CCc2cc(F)cc(-c3ccccc3-c3ccccc3)c2O1. The minimum absolute atomic E-state index is 0.0920. The molecule has 3 aromatic rings. The van der Waals surface area contributed by atoms with Crippen molar-refractivity contribution in [1.29, 1.82) is 0 Å². The van der Waals surface area contributed by atoms with Crippen LogP contribution in [-0.4, -0.2) is 6.10 Å². The van der Waals surface area contributed by atoms with Crippen molar-refractivity contribution in [3.05, 3.63) is 85.0 Å². The van der Waals surface area contributed by atoms with Crippen molar-refractivity contribution in [2.45, 2.75) is 18.9 Å². The zero-order valence-electron chi connectivity index (χ0n) is 13.3. The van der Waals surface area contributed by atoms with Gasteiger partial charge in [0.2, 0.25) is 0 Å². The fraction of sp³-hybridized carbons (Fsp3) is 0.136. The van der Waals surface area contributed by atoms with Gasteiger partial charge in [-0.2, -0.15) is 0 Å². The summed E-state index contributed by atoms with van der Waals surface area (Å²) in [5, 5.41) is 0. The molecule has 119 valence electrons. The zero-order valence-corrected chi connectivity index (χ0v) is 13.3. The van der Waals surface area contributed by atoms with Crippen LogP contribution in [-0.2, 0) is 6.42 Å². The molecule has 0 unspecified atom stereocenters. The number of fused-ring (bicyclic) bond motifs is 1. The molecule has 1 radical (unpaired) electrons. The van der Waals surface area contributed by atoms with E-state index < -0.39 is 0 Å².